The lowest BCUT2D eigenvalue weighted by molar-refractivity contribution is -0.110. The van der Waals surface area contributed by atoms with E-state index in [0.717, 1.165) is 0 Å². The maximum Gasteiger partial charge on any atom is 0.407 e. The van der Waals surface area contributed by atoms with Gasteiger partial charge in [0.1, 0.15) is 18.3 Å². The summed E-state index contributed by atoms with van der Waals surface area (Å²) in [5.41, 5.74) is 7.37. The van der Waals surface area contributed by atoms with Gasteiger partial charge in [-0.1, -0.05) is 6.07 Å². The zero-order chi connectivity index (χ0) is 22.4. The van der Waals surface area contributed by atoms with Crippen LogP contribution in [0, 0.1) is 0 Å². The molecule has 4 N–H and O–H groups in total. The second-order valence-electron chi connectivity index (χ2n) is 7.74. The van der Waals surface area contributed by atoms with Gasteiger partial charge in [0.05, 0.1) is 23.3 Å². The second kappa shape index (κ2) is 9.24. The Morgan fingerprint density at radius 3 is 2.68 bits per heavy atom. The first kappa shape index (κ1) is 21.8. The van der Waals surface area contributed by atoms with Gasteiger partial charge in [-0.15, -0.1) is 0 Å². The van der Waals surface area contributed by atoms with Crippen LogP contribution in [0.15, 0.2) is 47.1 Å². The summed E-state index contributed by atoms with van der Waals surface area (Å²) in [6.45, 7) is 5.53. The van der Waals surface area contributed by atoms with Gasteiger partial charge in [-0.2, -0.15) is 0 Å². The van der Waals surface area contributed by atoms with Crippen molar-refractivity contribution in [3.63, 3.8) is 0 Å². The smallest absolute Gasteiger partial charge is 0.407 e. The van der Waals surface area contributed by atoms with Gasteiger partial charge in [0.25, 0.3) is 0 Å². The van der Waals surface area contributed by atoms with Gasteiger partial charge >= 0.3 is 6.09 Å². The fourth-order valence-corrected chi connectivity index (χ4v) is 2.80. The number of nitrogens with two attached hydrogens (primary N) is 1. The van der Waals surface area contributed by atoms with Gasteiger partial charge in [-0.05, 0) is 51.1 Å². The molecule has 2 amide bonds. The lowest BCUT2D eigenvalue weighted by atomic mass is 10.1. The number of nitrogen functional groups attached to an aromatic ring is 1. The molecule has 0 aliphatic rings. The number of pyridine rings is 1. The van der Waals surface area contributed by atoms with E-state index in [1.165, 1.54) is 6.26 Å². The van der Waals surface area contributed by atoms with E-state index in [-0.39, 0.29) is 12.6 Å². The van der Waals surface area contributed by atoms with Gasteiger partial charge in [-0.3, -0.25) is 9.78 Å². The minimum Gasteiger partial charge on any atom is -0.463 e. The Morgan fingerprint density at radius 2 is 2.00 bits per heavy atom. The van der Waals surface area contributed by atoms with Gasteiger partial charge in [-0.25, -0.2) is 14.8 Å². The van der Waals surface area contributed by atoms with Crippen LogP contribution < -0.4 is 16.4 Å². The summed E-state index contributed by atoms with van der Waals surface area (Å²) < 4.78 is 10.6. The molecule has 0 bridgehead atoms. The number of anilines is 1. The summed E-state index contributed by atoms with van der Waals surface area (Å²) in [7, 11) is 0. The Morgan fingerprint density at radius 1 is 1.19 bits per heavy atom. The van der Waals surface area contributed by atoms with Crippen molar-refractivity contribution in [2.75, 3.05) is 5.73 Å². The Hall–Kier alpha value is -3.95. The average molecular weight is 424 g/mol. The van der Waals surface area contributed by atoms with Crippen molar-refractivity contribution >= 4 is 18.5 Å². The third-order valence-electron chi connectivity index (χ3n) is 4.02. The number of nitrogens with zero attached hydrogens (tertiary/aromatic N) is 3. The first-order valence-corrected chi connectivity index (χ1v) is 9.54. The number of rotatable bonds is 7. The van der Waals surface area contributed by atoms with E-state index < -0.39 is 17.7 Å². The van der Waals surface area contributed by atoms with E-state index in [4.69, 9.17) is 14.9 Å². The van der Waals surface area contributed by atoms with E-state index >= 15 is 0 Å². The SMILES string of the molecule is CC(C)(C)NC(=O)OCc1cccc(C(NC=O)c2cc(-c3ccco3)nc(N)n2)n1. The molecule has 0 aliphatic carbocycles. The van der Waals surface area contributed by atoms with Gasteiger partial charge in [0, 0.05) is 5.54 Å². The first-order valence-electron chi connectivity index (χ1n) is 9.54. The number of amides is 2. The zero-order valence-electron chi connectivity index (χ0n) is 17.5. The third-order valence-corrected chi connectivity index (χ3v) is 4.02. The molecule has 3 aromatic rings. The minimum absolute atomic E-state index is 0.0277. The number of aromatic nitrogens is 3. The highest BCUT2D eigenvalue weighted by Gasteiger charge is 2.20. The number of nitrogens with one attached hydrogen (secondary N) is 2. The maximum absolute atomic E-state index is 11.9. The Labute approximate surface area is 179 Å². The number of hydrogen-bond acceptors (Lipinski definition) is 8. The van der Waals surface area contributed by atoms with Crippen LogP contribution in [0.4, 0.5) is 10.7 Å². The molecule has 10 heteroatoms. The summed E-state index contributed by atoms with van der Waals surface area (Å²) >= 11 is 0. The van der Waals surface area contributed by atoms with E-state index in [1.807, 2.05) is 20.8 Å². The number of furan rings is 1. The molecule has 3 heterocycles. The predicted octanol–water partition coefficient (Wildman–Crippen LogP) is 2.57. The maximum atomic E-state index is 11.9. The summed E-state index contributed by atoms with van der Waals surface area (Å²) in [5.74, 6) is 0.542. The molecule has 1 atom stereocenters. The van der Waals surface area contributed by atoms with Crippen LogP contribution in [-0.2, 0) is 16.1 Å². The van der Waals surface area contributed by atoms with Crippen molar-refractivity contribution in [2.24, 2.45) is 0 Å². The van der Waals surface area contributed by atoms with Crippen molar-refractivity contribution < 1.29 is 18.7 Å². The average Bonchev–Trinajstić information content (AvgIpc) is 3.24. The van der Waals surface area contributed by atoms with Gasteiger partial charge < -0.3 is 25.5 Å². The number of ether oxygens (including phenoxy) is 1. The number of hydrogen-bond donors (Lipinski definition) is 3. The second-order valence-corrected chi connectivity index (χ2v) is 7.74. The van der Waals surface area contributed by atoms with E-state index in [9.17, 15) is 9.59 Å². The molecule has 0 radical (unpaired) electrons. The molecule has 0 saturated heterocycles. The highest BCUT2D eigenvalue weighted by atomic mass is 16.5. The van der Waals surface area contributed by atoms with Crippen molar-refractivity contribution in [3.05, 3.63) is 59.7 Å². The summed E-state index contributed by atoms with van der Waals surface area (Å²) in [4.78, 5) is 36.1. The lowest BCUT2D eigenvalue weighted by Crippen LogP contribution is -2.40. The molecule has 0 saturated carbocycles. The van der Waals surface area contributed by atoms with Crippen molar-refractivity contribution in [1.29, 1.82) is 0 Å². The predicted molar refractivity (Wildman–Crippen MR) is 112 cm³/mol. The van der Waals surface area contributed by atoms with Crippen molar-refractivity contribution in [2.45, 2.75) is 39.0 Å². The fraction of sp³-hybridized carbons (Fsp3) is 0.286. The van der Waals surface area contributed by atoms with E-state index in [2.05, 4.69) is 25.6 Å². The molecular formula is C21H24N6O4. The standard InChI is InChI=1S/C21H24N6O4/c1-21(2,3)27-20(29)31-11-13-6-4-7-14(24-13)18(23-12-28)16-10-15(25-19(22)26-16)17-8-5-9-30-17/h4-10,12,18H,11H2,1-3H3,(H,23,28)(H,27,29)(H2,22,25,26). The summed E-state index contributed by atoms with van der Waals surface area (Å²) in [5, 5.41) is 5.41. The number of alkyl carbamates (subject to hydrolysis) is 1. The fourth-order valence-electron chi connectivity index (χ4n) is 2.80. The molecule has 3 rings (SSSR count). The third kappa shape index (κ3) is 6.01. The highest BCUT2D eigenvalue weighted by molar-refractivity contribution is 5.68. The van der Waals surface area contributed by atoms with Crippen LogP contribution in [0.3, 0.4) is 0 Å². The molecule has 31 heavy (non-hydrogen) atoms. The van der Waals surface area contributed by atoms with Crippen LogP contribution in [0.5, 0.6) is 0 Å². The van der Waals surface area contributed by atoms with Crippen molar-refractivity contribution in [3.8, 4) is 11.5 Å². The molecule has 10 nitrogen and oxygen atoms in total. The summed E-state index contributed by atoms with van der Waals surface area (Å²) in [6, 6.07) is 9.64. The monoisotopic (exact) mass is 424 g/mol. The van der Waals surface area contributed by atoms with Gasteiger partial charge in [0.15, 0.2) is 5.76 Å². The van der Waals surface area contributed by atoms with Crippen LogP contribution >= 0.6 is 0 Å². The Bertz CT molecular complexity index is 1050. The minimum atomic E-state index is -0.695. The number of carbonyl (C=O) groups is 2. The molecule has 0 aromatic carbocycles. The lowest BCUT2D eigenvalue weighted by Gasteiger charge is -2.20. The molecule has 162 valence electrons. The van der Waals surface area contributed by atoms with Crippen LogP contribution in [0.25, 0.3) is 11.5 Å². The first-order chi connectivity index (χ1) is 14.7. The van der Waals surface area contributed by atoms with E-state index in [0.29, 0.717) is 34.9 Å². The molecule has 0 spiro atoms. The largest absolute Gasteiger partial charge is 0.463 e. The molecule has 3 aromatic heterocycles. The Kier molecular flexibility index (Phi) is 6.49. The van der Waals surface area contributed by atoms with Crippen molar-refractivity contribution in [1.82, 2.24) is 25.6 Å². The van der Waals surface area contributed by atoms with Crippen LogP contribution in [-0.4, -0.2) is 33.0 Å². The van der Waals surface area contributed by atoms with E-state index in [1.54, 1.807) is 36.4 Å². The molecular weight excluding hydrogens is 400 g/mol. The number of carbonyl (C=O) groups excluding carboxylic acids is 2. The van der Waals surface area contributed by atoms with Crippen LogP contribution in [0.2, 0.25) is 0 Å². The molecule has 1 unspecified atom stereocenters. The molecule has 0 fully saturated rings. The van der Waals surface area contributed by atoms with Gasteiger partial charge in [0.2, 0.25) is 12.4 Å². The quantitative estimate of drug-likeness (QED) is 0.491. The summed E-state index contributed by atoms with van der Waals surface area (Å²) in [6.07, 6.45) is 1.53. The topological polar surface area (TPSA) is 145 Å². The Balaban J connectivity index is 1.85. The highest BCUT2D eigenvalue weighted by Crippen LogP contribution is 2.25. The zero-order valence-corrected chi connectivity index (χ0v) is 17.5. The molecule has 0 aliphatic heterocycles. The van der Waals surface area contributed by atoms with Crippen LogP contribution in [0.1, 0.15) is 43.9 Å². The normalized spacial score (nSPS) is 12.1.